The summed E-state index contributed by atoms with van der Waals surface area (Å²) in [5, 5.41) is 7.96. The number of hydrogen-bond donors (Lipinski definition) is 1. The van der Waals surface area contributed by atoms with Crippen molar-refractivity contribution in [2.45, 2.75) is 64.0 Å². The second-order valence-electron chi connectivity index (χ2n) is 7.69. The molecule has 23 heavy (non-hydrogen) atoms. The largest absolute Gasteiger partial charge is 0.336 e. The molecule has 1 aromatic heterocycles. The number of rotatable bonds is 3. The van der Waals surface area contributed by atoms with Gasteiger partial charge in [0.05, 0.1) is 5.54 Å². The van der Waals surface area contributed by atoms with E-state index in [9.17, 15) is 4.79 Å². The van der Waals surface area contributed by atoms with E-state index >= 15 is 0 Å². The van der Waals surface area contributed by atoms with Crippen molar-refractivity contribution in [3.8, 4) is 0 Å². The molecule has 0 bridgehead atoms. The third-order valence-corrected chi connectivity index (χ3v) is 4.70. The van der Waals surface area contributed by atoms with Crippen LogP contribution in [0.2, 0.25) is 0 Å². The molecule has 0 aromatic carbocycles. The van der Waals surface area contributed by atoms with E-state index in [0.717, 1.165) is 25.9 Å². The van der Waals surface area contributed by atoms with Crippen LogP contribution in [-0.4, -0.2) is 46.8 Å². The van der Waals surface area contributed by atoms with E-state index in [1.807, 2.05) is 18.0 Å². The molecule has 130 valence electrons. The Morgan fingerprint density at radius 3 is 2.57 bits per heavy atom. The molecule has 1 atom stereocenters. The van der Waals surface area contributed by atoms with Gasteiger partial charge in [0.25, 0.3) is 5.91 Å². The Labute approximate surface area is 145 Å². The van der Waals surface area contributed by atoms with Crippen molar-refractivity contribution in [2.75, 3.05) is 20.1 Å². The number of carbonyl (C=O) groups excluding carboxylic acids is 1. The predicted octanol–water partition coefficient (Wildman–Crippen LogP) is 2.76. The highest BCUT2D eigenvalue weighted by Gasteiger charge is 2.34. The van der Waals surface area contributed by atoms with E-state index in [0.29, 0.717) is 17.7 Å². The standard InChI is InChI=1S/C17H28N4O.ClH/c1-17(2,3)21-15(12-7-8-12)10-14(19-21)16(22)20-9-5-6-13(11-20)18-4;/h10,12-13,18H,5-9,11H2,1-4H3;1H. The van der Waals surface area contributed by atoms with Crippen molar-refractivity contribution in [3.05, 3.63) is 17.5 Å². The molecule has 1 aliphatic carbocycles. The summed E-state index contributed by atoms with van der Waals surface area (Å²) in [5.41, 5.74) is 1.78. The summed E-state index contributed by atoms with van der Waals surface area (Å²) in [6.07, 6.45) is 4.65. The minimum Gasteiger partial charge on any atom is -0.336 e. The van der Waals surface area contributed by atoms with Gasteiger partial charge in [-0.25, -0.2) is 0 Å². The average Bonchev–Trinajstić information content (AvgIpc) is 3.23. The lowest BCUT2D eigenvalue weighted by molar-refractivity contribution is 0.0690. The quantitative estimate of drug-likeness (QED) is 0.920. The average molecular weight is 341 g/mol. The number of amides is 1. The zero-order chi connectivity index (χ0) is 15.9. The van der Waals surface area contributed by atoms with E-state index < -0.39 is 0 Å². The zero-order valence-electron chi connectivity index (χ0n) is 14.6. The lowest BCUT2D eigenvalue weighted by Gasteiger charge is -2.32. The van der Waals surface area contributed by atoms with Gasteiger partial charge in [0, 0.05) is 30.7 Å². The van der Waals surface area contributed by atoms with Crippen LogP contribution in [0.4, 0.5) is 0 Å². The van der Waals surface area contributed by atoms with Crippen LogP contribution in [0.5, 0.6) is 0 Å². The molecule has 1 aromatic rings. The SMILES string of the molecule is CNC1CCCN(C(=O)c2cc(C3CC3)n(C(C)(C)C)n2)C1.Cl. The fraction of sp³-hybridized carbons (Fsp3) is 0.765. The first kappa shape index (κ1) is 18.3. The fourth-order valence-electron chi connectivity index (χ4n) is 3.27. The highest BCUT2D eigenvalue weighted by atomic mass is 35.5. The van der Waals surface area contributed by atoms with Crippen LogP contribution in [-0.2, 0) is 5.54 Å². The maximum absolute atomic E-state index is 12.8. The second-order valence-corrected chi connectivity index (χ2v) is 7.69. The maximum atomic E-state index is 12.8. The van der Waals surface area contributed by atoms with Crippen LogP contribution in [0, 0.1) is 0 Å². The lowest BCUT2D eigenvalue weighted by atomic mass is 10.1. The molecule has 1 N–H and O–H groups in total. The molecule has 0 radical (unpaired) electrons. The number of likely N-dealkylation sites (tertiary alicyclic amines) is 1. The number of halogens is 1. The number of piperidine rings is 1. The van der Waals surface area contributed by atoms with Gasteiger partial charge in [-0.3, -0.25) is 9.48 Å². The normalized spacial score (nSPS) is 21.9. The lowest BCUT2D eigenvalue weighted by Crippen LogP contribution is -2.47. The topological polar surface area (TPSA) is 50.2 Å². The monoisotopic (exact) mass is 340 g/mol. The smallest absolute Gasteiger partial charge is 0.274 e. The minimum atomic E-state index is -0.0775. The van der Waals surface area contributed by atoms with Gasteiger partial charge >= 0.3 is 0 Å². The number of aromatic nitrogens is 2. The summed E-state index contributed by atoms with van der Waals surface area (Å²) >= 11 is 0. The Morgan fingerprint density at radius 2 is 2.00 bits per heavy atom. The molecular weight excluding hydrogens is 312 g/mol. The number of carbonyl (C=O) groups is 1. The summed E-state index contributed by atoms with van der Waals surface area (Å²) in [7, 11) is 1.97. The third-order valence-electron chi connectivity index (χ3n) is 4.70. The molecule has 5 nitrogen and oxygen atoms in total. The molecule has 2 aliphatic rings. The van der Waals surface area contributed by atoms with E-state index in [1.165, 1.54) is 18.5 Å². The molecule has 1 aliphatic heterocycles. The van der Waals surface area contributed by atoms with Crippen LogP contribution < -0.4 is 5.32 Å². The Bertz CT molecular complexity index is 559. The van der Waals surface area contributed by atoms with Gasteiger partial charge in [-0.15, -0.1) is 12.4 Å². The zero-order valence-corrected chi connectivity index (χ0v) is 15.4. The van der Waals surface area contributed by atoms with Gasteiger partial charge in [0.2, 0.25) is 0 Å². The molecule has 1 saturated heterocycles. The Kier molecular flexibility index (Phi) is 5.41. The van der Waals surface area contributed by atoms with Crippen LogP contribution in [0.15, 0.2) is 6.07 Å². The molecule has 1 amide bonds. The summed E-state index contributed by atoms with van der Waals surface area (Å²) in [5.74, 6) is 0.685. The van der Waals surface area contributed by atoms with Gasteiger partial charge < -0.3 is 10.2 Å². The van der Waals surface area contributed by atoms with Crippen molar-refractivity contribution in [1.29, 1.82) is 0 Å². The highest BCUT2D eigenvalue weighted by Crippen LogP contribution is 2.41. The van der Waals surface area contributed by atoms with Gasteiger partial charge in [-0.1, -0.05) is 0 Å². The number of nitrogens with one attached hydrogen (secondary N) is 1. The Balaban J connectivity index is 0.00000192. The van der Waals surface area contributed by atoms with Crippen LogP contribution >= 0.6 is 12.4 Å². The summed E-state index contributed by atoms with van der Waals surface area (Å²) < 4.78 is 2.07. The van der Waals surface area contributed by atoms with E-state index in [4.69, 9.17) is 0 Å². The summed E-state index contributed by atoms with van der Waals surface area (Å²) in [4.78, 5) is 14.8. The van der Waals surface area contributed by atoms with E-state index in [2.05, 4.69) is 35.9 Å². The molecule has 3 rings (SSSR count). The van der Waals surface area contributed by atoms with Crippen LogP contribution in [0.25, 0.3) is 0 Å². The maximum Gasteiger partial charge on any atom is 0.274 e. The first-order chi connectivity index (χ1) is 10.4. The summed E-state index contributed by atoms with van der Waals surface area (Å²) in [6, 6.07) is 2.44. The van der Waals surface area contributed by atoms with Gasteiger partial charge in [0.1, 0.15) is 0 Å². The molecule has 6 heteroatoms. The highest BCUT2D eigenvalue weighted by molar-refractivity contribution is 5.92. The Hall–Kier alpha value is -1.07. The third kappa shape index (κ3) is 3.89. The Morgan fingerprint density at radius 1 is 1.30 bits per heavy atom. The molecule has 2 heterocycles. The van der Waals surface area contributed by atoms with Gasteiger partial charge in [0.15, 0.2) is 5.69 Å². The first-order valence-corrected chi connectivity index (χ1v) is 8.47. The van der Waals surface area contributed by atoms with Crippen molar-refractivity contribution >= 4 is 18.3 Å². The van der Waals surface area contributed by atoms with E-state index in [-0.39, 0.29) is 23.9 Å². The van der Waals surface area contributed by atoms with E-state index in [1.54, 1.807) is 0 Å². The van der Waals surface area contributed by atoms with Crippen molar-refractivity contribution in [3.63, 3.8) is 0 Å². The van der Waals surface area contributed by atoms with Crippen molar-refractivity contribution in [2.24, 2.45) is 0 Å². The summed E-state index contributed by atoms with van der Waals surface area (Å²) in [6.45, 7) is 8.09. The molecule has 0 spiro atoms. The molecular formula is C17H29ClN4O. The minimum absolute atomic E-state index is 0. The molecule has 2 fully saturated rings. The number of hydrogen-bond acceptors (Lipinski definition) is 3. The second kappa shape index (κ2) is 6.81. The van der Waals surface area contributed by atoms with Gasteiger partial charge in [-0.2, -0.15) is 5.10 Å². The number of nitrogens with zero attached hydrogens (tertiary/aromatic N) is 3. The first-order valence-electron chi connectivity index (χ1n) is 8.47. The molecule has 1 unspecified atom stereocenters. The van der Waals surface area contributed by atoms with Gasteiger partial charge in [-0.05, 0) is 59.6 Å². The van der Waals surface area contributed by atoms with Crippen LogP contribution in [0.1, 0.15) is 68.6 Å². The van der Waals surface area contributed by atoms with Crippen LogP contribution in [0.3, 0.4) is 0 Å². The predicted molar refractivity (Wildman–Crippen MR) is 94.4 cm³/mol. The fourth-order valence-corrected chi connectivity index (χ4v) is 3.27. The molecule has 1 saturated carbocycles. The van der Waals surface area contributed by atoms with Crippen molar-refractivity contribution < 1.29 is 4.79 Å². The van der Waals surface area contributed by atoms with Crippen molar-refractivity contribution in [1.82, 2.24) is 20.0 Å². The number of likely N-dealkylation sites (N-methyl/N-ethyl adjacent to an activating group) is 1.